The van der Waals surface area contributed by atoms with Crippen LogP contribution in [-0.4, -0.2) is 8.42 Å². The molecule has 1 aromatic carbocycles. The summed E-state index contributed by atoms with van der Waals surface area (Å²) in [5.74, 6) is 0. The zero-order chi connectivity index (χ0) is 11.7. The summed E-state index contributed by atoms with van der Waals surface area (Å²) >= 11 is 2.98. The summed E-state index contributed by atoms with van der Waals surface area (Å²) in [7, 11) is -5.58. The maximum atomic E-state index is 13.1. The quantitative estimate of drug-likeness (QED) is 0.862. The van der Waals surface area contributed by atoms with Crippen LogP contribution in [0.15, 0.2) is 28.7 Å². The molecule has 0 aromatic heterocycles. The zero-order valence-electron chi connectivity index (χ0n) is 6.95. The van der Waals surface area contributed by atoms with Gasteiger partial charge in [0.25, 0.3) is 0 Å². The van der Waals surface area contributed by atoms with Crippen LogP contribution in [0.3, 0.4) is 0 Å². The molecule has 0 bridgehead atoms. The molecule has 0 aliphatic carbocycles. The summed E-state index contributed by atoms with van der Waals surface area (Å²) in [6, 6.07) is 4.11. The first kappa shape index (κ1) is 12.5. The van der Waals surface area contributed by atoms with E-state index in [0.29, 0.717) is 4.47 Å². The first-order valence-corrected chi connectivity index (χ1v) is 5.70. The van der Waals surface area contributed by atoms with Crippen molar-refractivity contribution in [2.45, 2.75) is 5.25 Å². The average Bonchev–Trinajstić information content (AvgIpc) is 2.18. The third-order valence-electron chi connectivity index (χ3n) is 1.58. The molecular formula is C7H4BrF3O3S. The second-order valence-corrected chi connectivity index (χ2v) is 5.00. The third-order valence-corrected chi connectivity index (χ3v) is 3.14. The Labute approximate surface area is 92.0 Å². The highest BCUT2D eigenvalue weighted by atomic mass is 79.9. The normalized spacial score (nSPS) is 12.8. The van der Waals surface area contributed by atoms with Crippen molar-refractivity contribution in [3.05, 3.63) is 34.3 Å². The molecule has 0 fully saturated rings. The van der Waals surface area contributed by atoms with Gasteiger partial charge in [-0.15, -0.1) is 0 Å². The van der Waals surface area contributed by atoms with Crippen LogP contribution in [0.4, 0.5) is 13.3 Å². The average molecular weight is 305 g/mol. The van der Waals surface area contributed by atoms with E-state index >= 15 is 0 Å². The van der Waals surface area contributed by atoms with Gasteiger partial charge in [0.1, 0.15) is 0 Å². The lowest BCUT2D eigenvalue weighted by atomic mass is 10.2. The largest absolute Gasteiger partial charge is 0.397 e. The van der Waals surface area contributed by atoms with Gasteiger partial charge in [0.05, 0.1) is 0 Å². The van der Waals surface area contributed by atoms with Gasteiger partial charge >= 0.3 is 15.4 Å². The molecule has 0 radical (unpaired) electrons. The molecule has 84 valence electrons. The van der Waals surface area contributed by atoms with Crippen molar-refractivity contribution < 1.29 is 26.1 Å². The summed E-state index contributed by atoms with van der Waals surface area (Å²) in [6.45, 7) is 0. The summed E-state index contributed by atoms with van der Waals surface area (Å²) in [5, 5.41) is -4.41. The second-order valence-electron chi connectivity index (χ2n) is 2.54. The van der Waals surface area contributed by atoms with Gasteiger partial charge in [0.2, 0.25) is 0 Å². The predicted octanol–water partition coefficient (Wildman–Crippen LogP) is 2.73. The highest BCUT2D eigenvalue weighted by Crippen LogP contribution is 2.35. The van der Waals surface area contributed by atoms with Crippen molar-refractivity contribution in [2.24, 2.45) is 0 Å². The topological polar surface area (TPSA) is 43.4 Å². The number of halogens is 4. The van der Waals surface area contributed by atoms with Crippen molar-refractivity contribution in [3.8, 4) is 0 Å². The molecule has 3 nitrogen and oxygen atoms in total. The minimum absolute atomic E-state index is 0.487. The van der Waals surface area contributed by atoms with Crippen LogP contribution >= 0.6 is 15.9 Å². The van der Waals surface area contributed by atoms with Gasteiger partial charge in [-0.2, -0.15) is 17.2 Å². The number of benzene rings is 1. The van der Waals surface area contributed by atoms with Gasteiger partial charge < -0.3 is 0 Å². The lowest BCUT2D eigenvalue weighted by Crippen LogP contribution is -2.26. The minimum atomic E-state index is -5.58. The molecule has 0 atom stereocenters. The number of hydrogen-bond donors (Lipinski definition) is 0. The van der Waals surface area contributed by atoms with E-state index in [0.717, 1.165) is 12.1 Å². The van der Waals surface area contributed by atoms with Crippen LogP contribution in [0.5, 0.6) is 0 Å². The smallest absolute Gasteiger partial charge is 0.190 e. The van der Waals surface area contributed by atoms with Crippen molar-refractivity contribution in [3.63, 3.8) is 0 Å². The van der Waals surface area contributed by atoms with E-state index < -0.39 is 20.9 Å². The molecular weight excluding hydrogens is 301 g/mol. The van der Waals surface area contributed by atoms with Crippen LogP contribution in [0.25, 0.3) is 0 Å². The molecule has 0 unspecified atom stereocenters. The fourth-order valence-electron chi connectivity index (χ4n) is 0.828. The van der Waals surface area contributed by atoms with Gasteiger partial charge in [-0.1, -0.05) is 32.5 Å². The first-order chi connectivity index (χ1) is 6.81. The molecule has 15 heavy (non-hydrogen) atoms. The monoisotopic (exact) mass is 304 g/mol. The summed E-state index contributed by atoms with van der Waals surface area (Å²) in [4.78, 5) is 0. The Morgan fingerprint density at radius 1 is 1.20 bits per heavy atom. The lowest BCUT2D eigenvalue weighted by molar-refractivity contribution is -0.0289. The molecule has 0 spiro atoms. The summed E-state index contributed by atoms with van der Waals surface area (Å²) in [6.07, 6.45) is 0. The maximum absolute atomic E-state index is 13.1. The Hall–Kier alpha value is -0.600. The van der Waals surface area contributed by atoms with Crippen molar-refractivity contribution in [1.29, 1.82) is 0 Å². The van der Waals surface area contributed by atoms with Crippen LogP contribution in [0.2, 0.25) is 0 Å². The van der Waals surface area contributed by atoms with Crippen LogP contribution in [-0.2, 0) is 19.8 Å². The molecule has 0 heterocycles. The van der Waals surface area contributed by atoms with Crippen molar-refractivity contribution in [1.82, 2.24) is 0 Å². The van der Waals surface area contributed by atoms with Gasteiger partial charge in [-0.05, 0) is 16.7 Å². The third kappa shape index (κ3) is 2.32. The zero-order valence-corrected chi connectivity index (χ0v) is 9.36. The van der Waals surface area contributed by atoms with Gasteiger partial charge in [-0.25, -0.2) is 0 Å². The van der Waals surface area contributed by atoms with E-state index in [1.165, 1.54) is 12.1 Å². The number of rotatable bonds is 3. The molecule has 0 aliphatic heterocycles. The minimum Gasteiger partial charge on any atom is -0.190 e. The van der Waals surface area contributed by atoms with Gasteiger partial charge in [-0.3, -0.25) is 0 Å². The Morgan fingerprint density at radius 2 is 1.67 bits per heavy atom. The van der Waals surface area contributed by atoms with Crippen LogP contribution < -0.4 is 0 Å². The van der Waals surface area contributed by atoms with Crippen molar-refractivity contribution in [2.75, 3.05) is 0 Å². The van der Waals surface area contributed by atoms with Crippen LogP contribution in [0.1, 0.15) is 5.56 Å². The maximum Gasteiger partial charge on any atom is 0.397 e. The van der Waals surface area contributed by atoms with E-state index in [4.69, 9.17) is 0 Å². The lowest BCUT2D eigenvalue weighted by Gasteiger charge is -2.13. The molecule has 1 rings (SSSR count). The Kier molecular flexibility index (Phi) is 3.41. The van der Waals surface area contributed by atoms with Crippen molar-refractivity contribution >= 4 is 26.0 Å². The van der Waals surface area contributed by atoms with E-state index in [1.54, 1.807) is 0 Å². The predicted molar refractivity (Wildman–Crippen MR) is 49.1 cm³/mol. The first-order valence-electron chi connectivity index (χ1n) is 3.50. The van der Waals surface area contributed by atoms with Gasteiger partial charge in [0.15, 0.2) is 0 Å². The Bertz CT molecular complexity index is 443. The molecule has 8 heteroatoms. The summed E-state index contributed by atoms with van der Waals surface area (Å²) in [5.41, 5.74) is -0.872. The molecule has 0 saturated heterocycles. The SMILES string of the molecule is O=S(=O)(OF)C(F)(F)c1ccc(Br)cc1. The standard InChI is InChI=1S/C7H4BrF3O3S/c8-6-3-1-5(2-4-6)7(9,10)15(12,13)14-11/h1-4H. The highest BCUT2D eigenvalue weighted by Gasteiger charge is 2.49. The van der Waals surface area contributed by atoms with Gasteiger partial charge in [0, 0.05) is 10.0 Å². The molecule has 0 aliphatic rings. The number of hydrogen-bond acceptors (Lipinski definition) is 3. The molecule has 0 saturated carbocycles. The molecule has 1 aromatic rings. The Morgan fingerprint density at radius 3 is 2.07 bits per heavy atom. The second kappa shape index (κ2) is 4.11. The van der Waals surface area contributed by atoms with E-state index in [-0.39, 0.29) is 0 Å². The number of alkyl halides is 2. The molecule has 0 N–H and O–H groups in total. The van der Waals surface area contributed by atoms with E-state index in [9.17, 15) is 21.7 Å². The van der Waals surface area contributed by atoms with E-state index in [2.05, 4.69) is 20.3 Å². The summed E-state index contributed by atoms with van der Waals surface area (Å²) < 4.78 is 61.5. The highest BCUT2D eigenvalue weighted by molar-refractivity contribution is 9.10. The fourth-order valence-corrected chi connectivity index (χ4v) is 1.60. The fraction of sp³-hybridized carbons (Fsp3) is 0.143. The van der Waals surface area contributed by atoms with Crippen LogP contribution in [0, 0.1) is 0 Å². The molecule has 0 amide bonds. The Balaban J connectivity index is 3.23. The van der Waals surface area contributed by atoms with E-state index in [1.807, 2.05) is 0 Å².